The van der Waals surface area contributed by atoms with E-state index in [1.165, 1.54) is 0 Å². The topological polar surface area (TPSA) is 77.0 Å². The number of rotatable bonds is 7. The smallest absolute Gasteiger partial charge is 0.255 e. The summed E-state index contributed by atoms with van der Waals surface area (Å²) in [6, 6.07) is 21.0. The Bertz CT molecular complexity index is 1180. The molecule has 2 heterocycles. The van der Waals surface area contributed by atoms with E-state index in [9.17, 15) is 4.79 Å². The number of methoxy groups -OCH3 is 1. The van der Waals surface area contributed by atoms with Crippen molar-refractivity contribution >= 4 is 5.91 Å². The summed E-state index contributed by atoms with van der Waals surface area (Å²) in [7, 11) is 1.63. The Labute approximate surface area is 187 Å². The van der Waals surface area contributed by atoms with Crippen molar-refractivity contribution in [2.75, 3.05) is 7.11 Å². The van der Waals surface area contributed by atoms with Crippen molar-refractivity contribution in [2.45, 2.75) is 19.4 Å². The van der Waals surface area contributed by atoms with E-state index in [0.717, 1.165) is 28.9 Å². The van der Waals surface area contributed by atoms with Crippen molar-refractivity contribution in [1.29, 1.82) is 0 Å². The molecule has 0 spiro atoms. The first-order chi connectivity index (χ1) is 15.7. The molecule has 0 radical (unpaired) electrons. The lowest BCUT2D eigenvalue weighted by molar-refractivity contribution is 0.0935. The fourth-order valence-corrected chi connectivity index (χ4v) is 3.50. The van der Waals surface area contributed by atoms with Gasteiger partial charge in [0.1, 0.15) is 5.75 Å². The summed E-state index contributed by atoms with van der Waals surface area (Å²) >= 11 is 0. The average molecular weight is 425 g/mol. The molecule has 0 aliphatic rings. The minimum atomic E-state index is -0.223. The molecule has 2 aromatic carbocycles. The number of amides is 1. The number of nitrogens with zero attached hydrogens (tertiary/aromatic N) is 3. The molecule has 1 amide bonds. The number of hydrogen-bond acceptors (Lipinski definition) is 5. The largest absolute Gasteiger partial charge is 0.497 e. The second kappa shape index (κ2) is 9.83. The van der Waals surface area contributed by atoms with Crippen LogP contribution in [0.3, 0.4) is 0 Å². The lowest BCUT2D eigenvalue weighted by atomic mass is 10.0. The molecule has 6 heteroatoms. The van der Waals surface area contributed by atoms with Crippen molar-refractivity contribution in [3.8, 4) is 28.4 Å². The Balaban J connectivity index is 1.68. The van der Waals surface area contributed by atoms with E-state index in [4.69, 9.17) is 9.72 Å². The summed E-state index contributed by atoms with van der Waals surface area (Å²) in [4.78, 5) is 26.6. The van der Waals surface area contributed by atoms with Crippen LogP contribution < -0.4 is 10.1 Å². The third kappa shape index (κ3) is 4.64. The molecule has 0 bridgehead atoms. The van der Waals surface area contributed by atoms with E-state index in [2.05, 4.69) is 15.3 Å². The molecule has 160 valence electrons. The van der Waals surface area contributed by atoms with Crippen molar-refractivity contribution in [3.63, 3.8) is 0 Å². The van der Waals surface area contributed by atoms with Crippen molar-refractivity contribution in [1.82, 2.24) is 20.3 Å². The molecule has 1 atom stereocenters. The third-order valence-corrected chi connectivity index (χ3v) is 5.25. The molecule has 0 aliphatic carbocycles. The normalized spacial score (nSPS) is 11.6. The van der Waals surface area contributed by atoms with Crippen LogP contribution in [0.25, 0.3) is 22.6 Å². The van der Waals surface area contributed by atoms with Gasteiger partial charge in [0.2, 0.25) is 0 Å². The molecular formula is C26H24N4O2. The maximum Gasteiger partial charge on any atom is 0.255 e. The number of nitrogens with one attached hydrogen (secondary N) is 1. The Morgan fingerprint density at radius 1 is 0.969 bits per heavy atom. The van der Waals surface area contributed by atoms with Crippen LogP contribution in [-0.2, 0) is 0 Å². The molecule has 4 rings (SSSR count). The summed E-state index contributed by atoms with van der Waals surface area (Å²) in [5, 5.41) is 3.13. The highest BCUT2D eigenvalue weighted by atomic mass is 16.5. The van der Waals surface area contributed by atoms with Crippen LogP contribution in [0.2, 0.25) is 0 Å². The fraction of sp³-hybridized carbons (Fsp3) is 0.154. The third-order valence-electron chi connectivity index (χ3n) is 5.25. The maximum atomic E-state index is 13.3. The first-order valence-electron chi connectivity index (χ1n) is 10.5. The van der Waals surface area contributed by atoms with Crippen LogP contribution in [-0.4, -0.2) is 28.0 Å². The maximum absolute atomic E-state index is 13.3. The van der Waals surface area contributed by atoms with Crippen LogP contribution in [0.15, 0.2) is 85.3 Å². The van der Waals surface area contributed by atoms with E-state index >= 15 is 0 Å². The predicted octanol–water partition coefficient (Wildman–Crippen LogP) is 5.10. The van der Waals surface area contributed by atoms with Gasteiger partial charge in [0.15, 0.2) is 5.82 Å². The van der Waals surface area contributed by atoms with Gasteiger partial charge < -0.3 is 10.1 Å². The fourth-order valence-electron chi connectivity index (χ4n) is 3.50. The summed E-state index contributed by atoms with van der Waals surface area (Å²) < 4.78 is 5.24. The van der Waals surface area contributed by atoms with Crippen LogP contribution in [0.5, 0.6) is 5.75 Å². The summed E-state index contributed by atoms with van der Waals surface area (Å²) in [5.74, 6) is 1.12. The highest BCUT2D eigenvalue weighted by Gasteiger charge is 2.20. The quantitative estimate of drug-likeness (QED) is 0.447. The second-order valence-corrected chi connectivity index (χ2v) is 7.27. The first-order valence-corrected chi connectivity index (χ1v) is 10.5. The molecule has 1 unspecified atom stereocenters. The number of carbonyl (C=O) groups excluding carboxylic acids is 1. The van der Waals surface area contributed by atoms with E-state index in [1.807, 2.05) is 73.7 Å². The number of carbonyl (C=O) groups is 1. The number of hydrogen-bond donors (Lipinski definition) is 1. The lowest BCUT2D eigenvalue weighted by Crippen LogP contribution is -2.29. The molecule has 0 saturated carbocycles. The summed E-state index contributed by atoms with van der Waals surface area (Å²) in [5.41, 5.74) is 3.70. The van der Waals surface area contributed by atoms with Gasteiger partial charge in [0.05, 0.1) is 24.4 Å². The highest BCUT2D eigenvalue weighted by molar-refractivity contribution is 6.00. The van der Waals surface area contributed by atoms with E-state index in [0.29, 0.717) is 17.1 Å². The van der Waals surface area contributed by atoms with Crippen molar-refractivity contribution < 1.29 is 9.53 Å². The van der Waals surface area contributed by atoms with Gasteiger partial charge in [-0.2, -0.15) is 0 Å². The van der Waals surface area contributed by atoms with E-state index < -0.39 is 0 Å². The number of benzene rings is 2. The minimum Gasteiger partial charge on any atom is -0.497 e. The second-order valence-electron chi connectivity index (χ2n) is 7.27. The molecule has 32 heavy (non-hydrogen) atoms. The van der Waals surface area contributed by atoms with Gasteiger partial charge in [-0.3, -0.25) is 9.78 Å². The number of aromatic nitrogens is 3. The SMILES string of the molecule is CCC(NC(=O)c1cnc(-c2ccccc2)nc1-c1ccncc1)c1ccc(OC)cc1. The molecule has 0 aliphatic heterocycles. The van der Waals surface area contributed by atoms with Gasteiger partial charge in [-0.1, -0.05) is 49.4 Å². The Morgan fingerprint density at radius 3 is 2.34 bits per heavy atom. The zero-order valence-electron chi connectivity index (χ0n) is 18.0. The van der Waals surface area contributed by atoms with Gasteiger partial charge in [-0.25, -0.2) is 9.97 Å². The highest BCUT2D eigenvalue weighted by Crippen LogP contribution is 2.26. The predicted molar refractivity (Wildman–Crippen MR) is 124 cm³/mol. The summed E-state index contributed by atoms with van der Waals surface area (Å²) in [6.45, 7) is 2.04. The Morgan fingerprint density at radius 2 is 1.69 bits per heavy atom. The monoisotopic (exact) mass is 424 g/mol. The van der Waals surface area contributed by atoms with Crippen LogP contribution in [0.1, 0.15) is 35.3 Å². The van der Waals surface area contributed by atoms with Crippen molar-refractivity contribution in [2.24, 2.45) is 0 Å². The van der Waals surface area contributed by atoms with Crippen LogP contribution >= 0.6 is 0 Å². The Kier molecular flexibility index (Phi) is 6.51. The zero-order chi connectivity index (χ0) is 22.3. The Hall–Kier alpha value is -4.06. The molecular weight excluding hydrogens is 400 g/mol. The standard InChI is InChI=1S/C26H24N4O2/c1-3-23(18-9-11-21(32-2)12-10-18)29-26(31)22-17-28-25(20-7-5-4-6-8-20)30-24(22)19-13-15-27-16-14-19/h4-17,23H,3H2,1-2H3,(H,29,31). The molecule has 6 nitrogen and oxygen atoms in total. The van der Waals surface area contributed by atoms with Gasteiger partial charge in [-0.05, 0) is 36.2 Å². The molecule has 1 N–H and O–H groups in total. The van der Waals surface area contributed by atoms with Crippen LogP contribution in [0, 0.1) is 0 Å². The van der Waals surface area contributed by atoms with Gasteiger partial charge in [-0.15, -0.1) is 0 Å². The first kappa shape index (κ1) is 21.2. The molecule has 0 saturated heterocycles. The van der Waals surface area contributed by atoms with Gasteiger partial charge in [0.25, 0.3) is 5.91 Å². The summed E-state index contributed by atoms with van der Waals surface area (Å²) in [6.07, 6.45) is 5.72. The number of pyridine rings is 1. The van der Waals surface area contributed by atoms with Gasteiger partial charge >= 0.3 is 0 Å². The van der Waals surface area contributed by atoms with Crippen LogP contribution in [0.4, 0.5) is 0 Å². The lowest BCUT2D eigenvalue weighted by Gasteiger charge is -2.19. The number of ether oxygens (including phenoxy) is 1. The van der Waals surface area contributed by atoms with E-state index in [-0.39, 0.29) is 11.9 Å². The van der Waals surface area contributed by atoms with E-state index in [1.54, 1.807) is 25.7 Å². The minimum absolute atomic E-state index is 0.146. The van der Waals surface area contributed by atoms with Gasteiger partial charge in [0, 0.05) is 29.7 Å². The molecule has 2 aromatic heterocycles. The average Bonchev–Trinajstić information content (AvgIpc) is 2.88. The molecule has 0 fully saturated rings. The zero-order valence-corrected chi connectivity index (χ0v) is 18.0. The molecule has 4 aromatic rings. The van der Waals surface area contributed by atoms with Crippen molar-refractivity contribution in [3.05, 3.63) is 96.4 Å².